The molecule has 1 unspecified atom stereocenters. The Labute approximate surface area is 176 Å². The Morgan fingerprint density at radius 1 is 1.07 bits per heavy atom. The van der Waals surface area contributed by atoms with Gasteiger partial charge in [0.1, 0.15) is 0 Å². The van der Waals surface area contributed by atoms with Crippen LogP contribution >= 0.6 is 0 Å². The number of aromatic nitrogens is 3. The number of benzene rings is 1. The van der Waals surface area contributed by atoms with E-state index >= 15 is 0 Å². The van der Waals surface area contributed by atoms with Crippen molar-refractivity contribution in [3.05, 3.63) is 51.6 Å². The van der Waals surface area contributed by atoms with Gasteiger partial charge in [-0.15, -0.1) is 0 Å². The van der Waals surface area contributed by atoms with Gasteiger partial charge in [0.05, 0.1) is 27.0 Å². The summed E-state index contributed by atoms with van der Waals surface area (Å²) in [7, 11) is 4.76. The van der Waals surface area contributed by atoms with Crippen molar-refractivity contribution in [2.75, 3.05) is 21.3 Å². The summed E-state index contributed by atoms with van der Waals surface area (Å²) >= 11 is 0. The van der Waals surface area contributed by atoms with Crippen LogP contribution in [0, 0.1) is 0 Å². The van der Waals surface area contributed by atoms with Crippen molar-refractivity contribution in [1.29, 1.82) is 0 Å². The van der Waals surface area contributed by atoms with Crippen molar-refractivity contribution in [2.45, 2.75) is 45.7 Å². The maximum absolute atomic E-state index is 12.6. The molecule has 0 aliphatic heterocycles. The fourth-order valence-corrected chi connectivity index (χ4v) is 3.23. The summed E-state index contributed by atoms with van der Waals surface area (Å²) in [5, 5.41) is 6.56. The van der Waals surface area contributed by atoms with Crippen LogP contribution in [0.4, 0.5) is 0 Å². The van der Waals surface area contributed by atoms with E-state index < -0.39 is 0 Å². The second kappa shape index (κ2) is 8.39. The Bertz CT molecular complexity index is 1070. The lowest BCUT2D eigenvalue weighted by molar-refractivity contribution is 0.323. The predicted molar refractivity (Wildman–Crippen MR) is 116 cm³/mol. The number of methoxy groups -OCH3 is 3. The van der Waals surface area contributed by atoms with E-state index in [4.69, 9.17) is 14.2 Å². The van der Waals surface area contributed by atoms with Crippen molar-refractivity contribution in [2.24, 2.45) is 0 Å². The van der Waals surface area contributed by atoms with Crippen LogP contribution in [0.25, 0.3) is 5.65 Å². The summed E-state index contributed by atoms with van der Waals surface area (Å²) in [6, 6.07) is 7.15. The number of fused-ring (bicyclic) bond motifs is 1. The van der Waals surface area contributed by atoms with Crippen LogP contribution in [0.2, 0.25) is 0 Å². The van der Waals surface area contributed by atoms with Crippen molar-refractivity contribution >= 4 is 5.65 Å². The third-order valence-electron chi connectivity index (χ3n) is 5.06. The van der Waals surface area contributed by atoms with E-state index in [9.17, 15) is 4.79 Å². The van der Waals surface area contributed by atoms with Crippen molar-refractivity contribution in [3.63, 3.8) is 0 Å². The molecule has 162 valence electrons. The summed E-state index contributed by atoms with van der Waals surface area (Å²) in [5.41, 5.74) is 2.99. The average Bonchev–Trinajstić information content (AvgIpc) is 3.16. The summed E-state index contributed by atoms with van der Waals surface area (Å²) < 4.78 is 17.7. The summed E-state index contributed by atoms with van der Waals surface area (Å²) in [6.07, 6.45) is 0. The van der Waals surface area contributed by atoms with Crippen molar-refractivity contribution < 1.29 is 14.2 Å². The van der Waals surface area contributed by atoms with Crippen LogP contribution in [0.3, 0.4) is 0 Å². The Kier molecular flexibility index (Phi) is 6.07. The maximum atomic E-state index is 12.6. The van der Waals surface area contributed by atoms with Gasteiger partial charge in [0, 0.05) is 35.8 Å². The lowest BCUT2D eigenvalue weighted by Crippen LogP contribution is -2.23. The largest absolute Gasteiger partial charge is 0.493 e. The SMILES string of the molecule is COc1cc(CNC(C)c2cc(=O)n3[nH]c(C(C)(C)C)cc3n2)cc(OC)c1OC. The standard InChI is InChI=1S/C22H30N4O4/c1-13(23-12-14-8-16(28-5)21(30-7)17(9-14)29-6)15-10-20(27)26-19(24-15)11-18(25-26)22(2,3)4/h8-11,13,23,25H,12H2,1-7H3. The molecule has 0 amide bonds. The fraction of sp³-hybridized carbons (Fsp3) is 0.455. The third kappa shape index (κ3) is 4.28. The van der Waals surface area contributed by atoms with Gasteiger partial charge in [-0.3, -0.25) is 9.89 Å². The molecule has 8 nitrogen and oxygen atoms in total. The molecule has 2 heterocycles. The Morgan fingerprint density at radius 3 is 2.23 bits per heavy atom. The molecule has 0 radical (unpaired) electrons. The van der Waals surface area contributed by atoms with Crippen molar-refractivity contribution in [3.8, 4) is 17.2 Å². The number of hydrogen-bond acceptors (Lipinski definition) is 6. The molecule has 2 aromatic heterocycles. The van der Waals surface area contributed by atoms with Crippen LogP contribution in [-0.4, -0.2) is 35.9 Å². The van der Waals surface area contributed by atoms with E-state index in [1.54, 1.807) is 27.4 Å². The van der Waals surface area contributed by atoms with E-state index in [2.05, 4.69) is 36.2 Å². The van der Waals surface area contributed by atoms with Gasteiger partial charge in [-0.25, -0.2) is 9.50 Å². The van der Waals surface area contributed by atoms with Gasteiger partial charge in [0.2, 0.25) is 5.75 Å². The number of hydrogen-bond donors (Lipinski definition) is 2. The molecular formula is C22H30N4O4. The molecule has 0 bridgehead atoms. The van der Waals surface area contributed by atoms with Crippen molar-refractivity contribution in [1.82, 2.24) is 19.9 Å². The van der Waals surface area contributed by atoms with E-state index in [1.807, 2.05) is 25.1 Å². The molecule has 0 spiro atoms. The second-order valence-electron chi connectivity index (χ2n) is 8.27. The molecule has 0 aliphatic rings. The van der Waals surface area contributed by atoms with Crippen LogP contribution < -0.4 is 25.1 Å². The van der Waals surface area contributed by atoms with Gasteiger partial charge in [0.15, 0.2) is 17.1 Å². The first-order valence-electron chi connectivity index (χ1n) is 9.83. The number of aromatic amines is 1. The molecular weight excluding hydrogens is 384 g/mol. The number of nitrogens with zero attached hydrogens (tertiary/aromatic N) is 2. The van der Waals surface area contributed by atoms with Crippen LogP contribution in [0.1, 0.15) is 50.7 Å². The molecule has 0 fully saturated rings. The highest BCUT2D eigenvalue weighted by Crippen LogP contribution is 2.38. The molecule has 1 atom stereocenters. The zero-order valence-electron chi connectivity index (χ0n) is 18.6. The molecule has 0 saturated heterocycles. The Morgan fingerprint density at radius 2 is 1.70 bits per heavy atom. The Hall–Kier alpha value is -3.00. The maximum Gasteiger partial charge on any atom is 0.272 e. The topological polar surface area (TPSA) is 89.9 Å². The molecule has 0 saturated carbocycles. The smallest absolute Gasteiger partial charge is 0.272 e. The van der Waals surface area contributed by atoms with Gasteiger partial charge in [-0.05, 0) is 24.6 Å². The normalized spacial score (nSPS) is 12.8. The molecule has 30 heavy (non-hydrogen) atoms. The molecule has 1 aromatic carbocycles. The first-order chi connectivity index (χ1) is 14.2. The molecule has 3 rings (SSSR count). The second-order valence-corrected chi connectivity index (χ2v) is 8.27. The quantitative estimate of drug-likeness (QED) is 0.617. The highest BCUT2D eigenvalue weighted by Gasteiger charge is 2.19. The molecule has 2 N–H and O–H groups in total. The average molecular weight is 415 g/mol. The Balaban J connectivity index is 1.83. The first-order valence-corrected chi connectivity index (χ1v) is 9.83. The molecule has 0 aliphatic carbocycles. The van der Waals surface area contributed by atoms with Crippen LogP contribution in [0.15, 0.2) is 29.1 Å². The zero-order valence-corrected chi connectivity index (χ0v) is 18.6. The summed E-state index contributed by atoms with van der Waals surface area (Å²) in [6.45, 7) is 8.79. The van der Waals surface area contributed by atoms with E-state index in [1.165, 1.54) is 4.52 Å². The number of H-pyrrole nitrogens is 1. The fourth-order valence-electron chi connectivity index (χ4n) is 3.23. The summed E-state index contributed by atoms with van der Waals surface area (Å²) in [4.78, 5) is 17.3. The van der Waals surface area contributed by atoms with Gasteiger partial charge in [0.25, 0.3) is 5.56 Å². The minimum absolute atomic E-state index is 0.101. The minimum atomic E-state index is -0.132. The van der Waals surface area contributed by atoms with Gasteiger partial charge < -0.3 is 19.5 Å². The molecule has 3 aromatic rings. The molecule has 8 heteroatoms. The van der Waals surface area contributed by atoms with Gasteiger partial charge >= 0.3 is 0 Å². The minimum Gasteiger partial charge on any atom is -0.493 e. The number of nitrogens with one attached hydrogen (secondary N) is 2. The lowest BCUT2D eigenvalue weighted by atomic mass is 9.93. The number of ether oxygens (including phenoxy) is 3. The third-order valence-corrected chi connectivity index (χ3v) is 5.06. The van der Waals surface area contributed by atoms with E-state index in [0.717, 1.165) is 11.3 Å². The van der Waals surface area contributed by atoms with E-state index in [0.29, 0.717) is 35.1 Å². The van der Waals surface area contributed by atoms with Crippen LogP contribution in [-0.2, 0) is 12.0 Å². The highest BCUT2D eigenvalue weighted by molar-refractivity contribution is 5.53. The van der Waals surface area contributed by atoms with Gasteiger partial charge in [-0.2, -0.15) is 0 Å². The first kappa shape index (κ1) is 21.7. The predicted octanol–water partition coefficient (Wildman–Crippen LogP) is 3.20. The lowest BCUT2D eigenvalue weighted by Gasteiger charge is -2.16. The summed E-state index contributed by atoms with van der Waals surface area (Å²) in [5.74, 6) is 1.75. The zero-order chi connectivity index (χ0) is 22.1. The highest BCUT2D eigenvalue weighted by atomic mass is 16.5. The monoisotopic (exact) mass is 414 g/mol. The van der Waals surface area contributed by atoms with Crippen LogP contribution in [0.5, 0.6) is 17.2 Å². The van der Waals surface area contributed by atoms with Gasteiger partial charge in [-0.1, -0.05) is 20.8 Å². The number of rotatable bonds is 7. The van der Waals surface area contributed by atoms with E-state index in [-0.39, 0.29) is 17.0 Å².